The third-order valence-corrected chi connectivity index (χ3v) is 6.90. The molecule has 0 radical (unpaired) electrons. The summed E-state index contributed by atoms with van der Waals surface area (Å²) in [6.45, 7) is 3.35. The molecule has 0 aromatic heterocycles. The van der Waals surface area contributed by atoms with Crippen LogP contribution in [-0.4, -0.2) is 27.5 Å². The number of carbonyl (C=O) groups is 1. The first-order valence-corrected chi connectivity index (χ1v) is 12.1. The Morgan fingerprint density at radius 1 is 1.06 bits per heavy atom. The fourth-order valence-electron chi connectivity index (χ4n) is 3.23. The summed E-state index contributed by atoms with van der Waals surface area (Å²) in [5, 5.41) is 3.16. The van der Waals surface area contributed by atoms with Crippen molar-refractivity contribution in [1.82, 2.24) is 5.32 Å². The Hall–Kier alpha value is -3.10. The number of sulfonamides is 1. The molecule has 9 heteroatoms. The molecule has 33 heavy (non-hydrogen) atoms. The van der Waals surface area contributed by atoms with E-state index >= 15 is 0 Å². The fourth-order valence-corrected chi connectivity index (χ4v) is 4.78. The molecule has 3 rings (SSSR count). The van der Waals surface area contributed by atoms with E-state index in [-0.39, 0.29) is 16.4 Å². The molecule has 1 atom stereocenters. The molecule has 0 fully saturated rings. The van der Waals surface area contributed by atoms with Crippen molar-refractivity contribution in [2.45, 2.75) is 24.8 Å². The van der Waals surface area contributed by atoms with E-state index in [0.29, 0.717) is 22.9 Å². The molecule has 0 aliphatic heterocycles. The number of nitrogens with one attached hydrogen (secondary N) is 1. The van der Waals surface area contributed by atoms with E-state index in [1.165, 1.54) is 36.4 Å². The number of rotatable bonds is 9. The standard InChI is InChI=1S/C24H24ClFN2O4S/c1-3-32-23-7-5-4-6-22(23)28(33(30,31)21-14-10-19(25)11-15-21)16-24(29)27-17(2)18-8-12-20(26)13-9-18/h4-15,17H,3,16H2,1-2H3,(H,27,29)/t17-/m1/s1. The quantitative estimate of drug-likeness (QED) is 0.460. The van der Waals surface area contributed by atoms with Crippen LogP contribution in [0.1, 0.15) is 25.5 Å². The molecule has 1 amide bonds. The van der Waals surface area contributed by atoms with Gasteiger partial charge in [-0.1, -0.05) is 35.9 Å². The van der Waals surface area contributed by atoms with Crippen molar-refractivity contribution in [3.8, 4) is 5.75 Å². The van der Waals surface area contributed by atoms with Gasteiger partial charge in [0.15, 0.2) is 0 Å². The number of halogens is 2. The van der Waals surface area contributed by atoms with Crippen LogP contribution in [-0.2, 0) is 14.8 Å². The lowest BCUT2D eigenvalue weighted by Crippen LogP contribution is -2.41. The van der Waals surface area contributed by atoms with Crippen LogP contribution in [0.3, 0.4) is 0 Å². The SMILES string of the molecule is CCOc1ccccc1N(CC(=O)N[C@H](C)c1ccc(F)cc1)S(=O)(=O)c1ccc(Cl)cc1. The van der Waals surface area contributed by atoms with E-state index < -0.39 is 28.5 Å². The predicted octanol–water partition coefficient (Wildman–Crippen LogP) is 4.95. The van der Waals surface area contributed by atoms with Gasteiger partial charge < -0.3 is 10.1 Å². The van der Waals surface area contributed by atoms with Crippen LogP contribution >= 0.6 is 11.6 Å². The molecule has 6 nitrogen and oxygen atoms in total. The molecule has 0 aliphatic rings. The molecule has 0 heterocycles. The Labute approximate surface area is 198 Å². The van der Waals surface area contributed by atoms with Crippen LogP contribution < -0.4 is 14.4 Å². The van der Waals surface area contributed by atoms with Crippen molar-refractivity contribution in [2.75, 3.05) is 17.5 Å². The van der Waals surface area contributed by atoms with Gasteiger partial charge in [-0.3, -0.25) is 9.10 Å². The van der Waals surface area contributed by atoms with E-state index in [2.05, 4.69) is 5.32 Å². The molecular formula is C24H24ClFN2O4S. The monoisotopic (exact) mass is 490 g/mol. The second-order valence-corrected chi connectivity index (χ2v) is 9.51. The van der Waals surface area contributed by atoms with Crippen molar-refractivity contribution < 1.29 is 22.3 Å². The summed E-state index contributed by atoms with van der Waals surface area (Å²) in [4.78, 5) is 12.9. The van der Waals surface area contributed by atoms with Gasteiger partial charge in [-0.25, -0.2) is 12.8 Å². The lowest BCUT2D eigenvalue weighted by atomic mass is 10.1. The van der Waals surface area contributed by atoms with Gasteiger partial charge in [0, 0.05) is 5.02 Å². The number of amides is 1. The van der Waals surface area contributed by atoms with E-state index in [1.807, 2.05) is 0 Å². The molecular weight excluding hydrogens is 467 g/mol. The first-order chi connectivity index (χ1) is 15.7. The van der Waals surface area contributed by atoms with Crippen LogP contribution in [0.2, 0.25) is 5.02 Å². The number of benzene rings is 3. The highest BCUT2D eigenvalue weighted by Gasteiger charge is 2.29. The molecule has 0 saturated heterocycles. The number of hydrogen-bond donors (Lipinski definition) is 1. The molecule has 3 aromatic carbocycles. The average Bonchev–Trinajstić information content (AvgIpc) is 2.79. The smallest absolute Gasteiger partial charge is 0.264 e. The highest BCUT2D eigenvalue weighted by molar-refractivity contribution is 7.92. The first-order valence-electron chi connectivity index (χ1n) is 10.3. The summed E-state index contributed by atoms with van der Waals surface area (Å²) in [6, 6.07) is 17.6. The fraction of sp³-hybridized carbons (Fsp3) is 0.208. The Morgan fingerprint density at radius 3 is 2.33 bits per heavy atom. The van der Waals surface area contributed by atoms with Crippen molar-refractivity contribution in [2.24, 2.45) is 0 Å². The van der Waals surface area contributed by atoms with Crippen molar-refractivity contribution >= 4 is 33.2 Å². The number of hydrogen-bond acceptors (Lipinski definition) is 4. The molecule has 174 valence electrons. The second kappa shape index (κ2) is 10.7. The number of anilines is 1. The lowest BCUT2D eigenvalue weighted by molar-refractivity contribution is -0.120. The molecule has 0 spiro atoms. The zero-order chi connectivity index (χ0) is 24.0. The third-order valence-electron chi connectivity index (χ3n) is 4.87. The Morgan fingerprint density at radius 2 is 1.70 bits per heavy atom. The molecule has 0 aliphatic carbocycles. The largest absolute Gasteiger partial charge is 0.492 e. The Kier molecular flexibility index (Phi) is 7.94. The van der Waals surface area contributed by atoms with Gasteiger partial charge in [0.25, 0.3) is 10.0 Å². The van der Waals surface area contributed by atoms with Crippen molar-refractivity contribution in [3.05, 3.63) is 89.2 Å². The highest BCUT2D eigenvalue weighted by Crippen LogP contribution is 2.32. The van der Waals surface area contributed by atoms with Gasteiger partial charge in [0.2, 0.25) is 5.91 Å². The topological polar surface area (TPSA) is 75.7 Å². The number of nitrogens with zero attached hydrogens (tertiary/aromatic N) is 1. The second-order valence-electron chi connectivity index (χ2n) is 7.21. The Bertz CT molecular complexity index is 1200. The normalized spacial score (nSPS) is 12.1. The van der Waals surface area contributed by atoms with Gasteiger partial charge in [-0.15, -0.1) is 0 Å². The minimum absolute atomic E-state index is 0.0161. The first kappa shape index (κ1) is 24.5. The van der Waals surface area contributed by atoms with Gasteiger partial charge in [-0.2, -0.15) is 0 Å². The summed E-state index contributed by atoms with van der Waals surface area (Å²) in [5.74, 6) is -0.586. The molecule has 1 N–H and O–H groups in total. The minimum atomic E-state index is -4.13. The van der Waals surface area contributed by atoms with E-state index in [9.17, 15) is 17.6 Å². The van der Waals surface area contributed by atoms with Crippen LogP contribution in [0.25, 0.3) is 0 Å². The number of carbonyl (C=O) groups excluding carboxylic acids is 1. The van der Waals surface area contributed by atoms with Crippen molar-refractivity contribution in [3.63, 3.8) is 0 Å². The number of para-hydroxylation sites is 2. The van der Waals surface area contributed by atoms with Crippen LogP contribution in [0.4, 0.5) is 10.1 Å². The zero-order valence-corrected chi connectivity index (χ0v) is 19.7. The summed E-state index contributed by atoms with van der Waals surface area (Å²) in [6.07, 6.45) is 0. The molecule has 0 bridgehead atoms. The highest BCUT2D eigenvalue weighted by atomic mass is 35.5. The van der Waals surface area contributed by atoms with Crippen LogP contribution in [0.15, 0.2) is 77.7 Å². The molecule has 0 saturated carbocycles. The molecule has 3 aromatic rings. The van der Waals surface area contributed by atoms with Gasteiger partial charge in [0.05, 0.1) is 23.2 Å². The summed E-state index contributed by atoms with van der Waals surface area (Å²) >= 11 is 5.92. The minimum Gasteiger partial charge on any atom is -0.492 e. The van der Waals surface area contributed by atoms with E-state index in [0.717, 1.165) is 4.31 Å². The van der Waals surface area contributed by atoms with E-state index in [4.69, 9.17) is 16.3 Å². The maximum absolute atomic E-state index is 13.5. The van der Waals surface area contributed by atoms with Crippen LogP contribution in [0.5, 0.6) is 5.75 Å². The lowest BCUT2D eigenvalue weighted by Gasteiger charge is -2.26. The predicted molar refractivity (Wildman–Crippen MR) is 127 cm³/mol. The zero-order valence-electron chi connectivity index (χ0n) is 18.2. The average molecular weight is 491 g/mol. The number of ether oxygens (including phenoxy) is 1. The summed E-state index contributed by atoms with van der Waals surface area (Å²) in [5.41, 5.74) is 0.922. The van der Waals surface area contributed by atoms with E-state index in [1.54, 1.807) is 50.2 Å². The maximum atomic E-state index is 13.5. The summed E-state index contributed by atoms with van der Waals surface area (Å²) < 4.78 is 46.9. The maximum Gasteiger partial charge on any atom is 0.264 e. The third kappa shape index (κ3) is 6.03. The molecule has 0 unspecified atom stereocenters. The van der Waals surface area contributed by atoms with Crippen molar-refractivity contribution in [1.29, 1.82) is 0 Å². The van der Waals surface area contributed by atoms with Gasteiger partial charge in [0.1, 0.15) is 18.1 Å². The Balaban J connectivity index is 1.94. The van der Waals surface area contributed by atoms with Crippen LogP contribution in [0, 0.1) is 5.82 Å². The summed E-state index contributed by atoms with van der Waals surface area (Å²) in [7, 11) is -4.13. The van der Waals surface area contributed by atoms with Gasteiger partial charge >= 0.3 is 0 Å². The van der Waals surface area contributed by atoms with Gasteiger partial charge in [-0.05, 0) is 67.9 Å².